The molecule has 1 unspecified atom stereocenters. The molecule has 158 valence electrons. The van der Waals surface area contributed by atoms with Gasteiger partial charge in [-0.2, -0.15) is 0 Å². The van der Waals surface area contributed by atoms with Crippen LogP contribution in [0.2, 0.25) is 0 Å². The van der Waals surface area contributed by atoms with Gasteiger partial charge in [-0.25, -0.2) is 4.98 Å². The molecule has 0 saturated carbocycles. The van der Waals surface area contributed by atoms with Gasteiger partial charge in [-0.1, -0.05) is 6.42 Å². The summed E-state index contributed by atoms with van der Waals surface area (Å²) in [4.78, 5) is 19.2. The number of methoxy groups -OCH3 is 1. The van der Waals surface area contributed by atoms with Crippen LogP contribution in [0.25, 0.3) is 11.5 Å². The minimum atomic E-state index is -0.119. The Balaban J connectivity index is 1.79. The van der Waals surface area contributed by atoms with Crippen LogP contribution in [-0.2, 0) is 16.1 Å². The Bertz CT molecular complexity index is 859. The van der Waals surface area contributed by atoms with Crippen LogP contribution in [0.4, 0.5) is 0 Å². The van der Waals surface area contributed by atoms with E-state index in [1.165, 1.54) is 0 Å². The summed E-state index contributed by atoms with van der Waals surface area (Å²) in [6.07, 6.45) is 3.74. The molecule has 1 aliphatic heterocycles. The maximum atomic E-state index is 12.0. The number of benzene rings is 1. The Morgan fingerprint density at radius 3 is 2.76 bits per heavy atom. The minimum Gasteiger partial charge on any atom is -0.496 e. The van der Waals surface area contributed by atoms with Gasteiger partial charge in [0.15, 0.2) is 0 Å². The van der Waals surface area contributed by atoms with E-state index in [1.807, 2.05) is 32.9 Å². The number of likely N-dealkylation sites (tertiary alicyclic amines) is 1. The molecule has 0 amide bonds. The van der Waals surface area contributed by atoms with E-state index in [-0.39, 0.29) is 12.0 Å². The Morgan fingerprint density at radius 1 is 1.24 bits per heavy atom. The SMILES string of the molecule is CCOC(=O)CC1CCCCN1Cc1nc(-c2ccc(OC)c(C)c2C)oc1C. The van der Waals surface area contributed by atoms with E-state index >= 15 is 0 Å². The Labute approximate surface area is 173 Å². The zero-order valence-corrected chi connectivity index (χ0v) is 18.2. The number of hydrogen-bond donors (Lipinski definition) is 0. The van der Waals surface area contributed by atoms with Gasteiger partial charge in [0.25, 0.3) is 0 Å². The Kier molecular flexibility index (Phi) is 6.96. The second kappa shape index (κ2) is 9.44. The number of hydrogen-bond acceptors (Lipinski definition) is 6. The van der Waals surface area contributed by atoms with E-state index in [0.29, 0.717) is 25.5 Å². The van der Waals surface area contributed by atoms with Crippen LogP contribution in [0.3, 0.4) is 0 Å². The predicted molar refractivity (Wildman–Crippen MR) is 112 cm³/mol. The van der Waals surface area contributed by atoms with Crippen molar-refractivity contribution in [3.8, 4) is 17.2 Å². The highest BCUT2D eigenvalue weighted by molar-refractivity contribution is 5.70. The van der Waals surface area contributed by atoms with Crippen molar-refractivity contribution < 1.29 is 18.7 Å². The van der Waals surface area contributed by atoms with Gasteiger partial charge in [0, 0.05) is 18.2 Å². The third kappa shape index (κ3) is 4.81. The fraction of sp³-hybridized carbons (Fsp3) is 0.565. The molecule has 0 radical (unpaired) electrons. The highest BCUT2D eigenvalue weighted by Crippen LogP contribution is 2.32. The lowest BCUT2D eigenvalue weighted by molar-refractivity contribution is -0.145. The molecule has 3 rings (SSSR count). The average Bonchev–Trinajstić information content (AvgIpc) is 3.05. The van der Waals surface area contributed by atoms with Crippen molar-refractivity contribution in [2.45, 2.75) is 66.0 Å². The number of ether oxygens (including phenoxy) is 2. The fourth-order valence-electron chi connectivity index (χ4n) is 4.04. The highest BCUT2D eigenvalue weighted by Gasteiger charge is 2.27. The van der Waals surface area contributed by atoms with Crippen molar-refractivity contribution in [3.63, 3.8) is 0 Å². The molecule has 1 aliphatic rings. The summed E-state index contributed by atoms with van der Waals surface area (Å²) >= 11 is 0. The summed E-state index contributed by atoms with van der Waals surface area (Å²) in [6, 6.07) is 4.16. The molecule has 0 spiro atoms. The van der Waals surface area contributed by atoms with Crippen LogP contribution in [-0.4, -0.2) is 42.2 Å². The van der Waals surface area contributed by atoms with Crippen LogP contribution in [0.5, 0.6) is 5.75 Å². The molecule has 1 fully saturated rings. The van der Waals surface area contributed by atoms with Gasteiger partial charge in [-0.3, -0.25) is 9.69 Å². The maximum Gasteiger partial charge on any atom is 0.307 e. The van der Waals surface area contributed by atoms with Gasteiger partial charge in [-0.15, -0.1) is 0 Å². The zero-order chi connectivity index (χ0) is 21.0. The summed E-state index contributed by atoms with van der Waals surface area (Å²) in [5, 5.41) is 0. The highest BCUT2D eigenvalue weighted by atomic mass is 16.5. The van der Waals surface area contributed by atoms with E-state index in [1.54, 1.807) is 7.11 Å². The van der Waals surface area contributed by atoms with E-state index in [9.17, 15) is 4.79 Å². The molecule has 6 nitrogen and oxygen atoms in total. The minimum absolute atomic E-state index is 0.119. The van der Waals surface area contributed by atoms with Gasteiger partial charge >= 0.3 is 5.97 Å². The molecule has 2 aromatic rings. The summed E-state index contributed by atoms with van der Waals surface area (Å²) < 4.78 is 16.6. The molecule has 0 aliphatic carbocycles. The summed E-state index contributed by atoms with van der Waals surface area (Å²) in [5.41, 5.74) is 4.12. The molecule has 0 bridgehead atoms. The molecule has 29 heavy (non-hydrogen) atoms. The normalized spacial score (nSPS) is 17.3. The smallest absolute Gasteiger partial charge is 0.307 e. The topological polar surface area (TPSA) is 64.8 Å². The molecule has 6 heteroatoms. The first-order valence-electron chi connectivity index (χ1n) is 10.4. The standard InChI is InChI=1S/C23H32N2O4/c1-6-28-22(26)13-18-9-7-8-12-25(18)14-20-17(4)29-23(24-20)19-10-11-21(27-5)16(3)15(19)2/h10-11,18H,6-9,12-14H2,1-5H3. The van der Waals surface area contributed by atoms with Crippen LogP contribution in [0.15, 0.2) is 16.5 Å². The summed E-state index contributed by atoms with van der Waals surface area (Å²) in [5.74, 6) is 2.21. The fourth-order valence-corrected chi connectivity index (χ4v) is 4.04. The number of aryl methyl sites for hydroxylation is 1. The number of carbonyl (C=O) groups excluding carboxylic acids is 1. The van der Waals surface area contributed by atoms with Crippen LogP contribution >= 0.6 is 0 Å². The van der Waals surface area contributed by atoms with E-state index < -0.39 is 0 Å². The summed E-state index contributed by atoms with van der Waals surface area (Å²) in [7, 11) is 1.68. The Hall–Kier alpha value is -2.34. The number of rotatable bonds is 7. The number of nitrogens with zero attached hydrogens (tertiary/aromatic N) is 2. The van der Waals surface area contributed by atoms with Crippen LogP contribution < -0.4 is 4.74 Å². The first kappa shape index (κ1) is 21.4. The monoisotopic (exact) mass is 400 g/mol. The van der Waals surface area contributed by atoms with Gasteiger partial charge in [0.1, 0.15) is 11.5 Å². The molecule has 0 N–H and O–H groups in total. The number of carbonyl (C=O) groups is 1. The zero-order valence-electron chi connectivity index (χ0n) is 18.2. The molecular formula is C23H32N2O4. The molecule has 1 aromatic carbocycles. The number of esters is 1. The second-order valence-electron chi connectivity index (χ2n) is 7.72. The number of aromatic nitrogens is 1. The van der Waals surface area contributed by atoms with Crippen molar-refractivity contribution in [1.82, 2.24) is 9.88 Å². The summed E-state index contributed by atoms with van der Waals surface area (Å²) in [6.45, 7) is 9.99. The largest absolute Gasteiger partial charge is 0.496 e. The van der Waals surface area contributed by atoms with Crippen LogP contribution in [0.1, 0.15) is 55.2 Å². The van der Waals surface area contributed by atoms with Gasteiger partial charge in [0.05, 0.1) is 25.8 Å². The van der Waals surface area contributed by atoms with Crippen molar-refractivity contribution in [3.05, 3.63) is 34.7 Å². The van der Waals surface area contributed by atoms with Crippen molar-refractivity contribution >= 4 is 5.97 Å². The van der Waals surface area contributed by atoms with Crippen LogP contribution in [0, 0.1) is 20.8 Å². The van der Waals surface area contributed by atoms with Gasteiger partial charge in [0.2, 0.25) is 5.89 Å². The lowest BCUT2D eigenvalue weighted by Gasteiger charge is -2.34. The van der Waals surface area contributed by atoms with Gasteiger partial charge in [-0.05, 0) is 70.3 Å². The third-order valence-corrected chi connectivity index (χ3v) is 5.89. The first-order chi connectivity index (χ1) is 13.9. The molecule has 2 heterocycles. The molecule has 1 saturated heterocycles. The number of oxazole rings is 1. The Morgan fingerprint density at radius 2 is 2.03 bits per heavy atom. The lowest BCUT2D eigenvalue weighted by atomic mass is 9.99. The number of piperidine rings is 1. The van der Waals surface area contributed by atoms with Gasteiger partial charge < -0.3 is 13.9 Å². The molecule has 1 atom stereocenters. The quantitative estimate of drug-likeness (QED) is 0.634. The molecular weight excluding hydrogens is 368 g/mol. The lowest BCUT2D eigenvalue weighted by Crippen LogP contribution is -2.40. The van der Waals surface area contributed by atoms with E-state index in [4.69, 9.17) is 18.9 Å². The molecule has 1 aromatic heterocycles. The average molecular weight is 401 g/mol. The van der Waals surface area contributed by atoms with E-state index in [2.05, 4.69) is 11.8 Å². The first-order valence-corrected chi connectivity index (χ1v) is 10.4. The second-order valence-corrected chi connectivity index (χ2v) is 7.72. The maximum absolute atomic E-state index is 12.0. The predicted octanol–water partition coefficient (Wildman–Crippen LogP) is 4.58. The van der Waals surface area contributed by atoms with Crippen molar-refractivity contribution in [2.24, 2.45) is 0 Å². The van der Waals surface area contributed by atoms with E-state index in [0.717, 1.165) is 59.7 Å². The third-order valence-electron chi connectivity index (χ3n) is 5.89. The van der Waals surface area contributed by atoms with Crippen molar-refractivity contribution in [1.29, 1.82) is 0 Å². The van der Waals surface area contributed by atoms with Crippen molar-refractivity contribution in [2.75, 3.05) is 20.3 Å².